The van der Waals surface area contributed by atoms with Crippen LogP contribution in [0, 0.1) is 0 Å². The second-order valence-corrected chi connectivity index (χ2v) is 6.30. The van der Waals surface area contributed by atoms with E-state index in [-0.39, 0.29) is 46.2 Å². The lowest BCUT2D eigenvalue weighted by Crippen LogP contribution is -2.27. The summed E-state index contributed by atoms with van der Waals surface area (Å²) in [5.41, 5.74) is -0.512. The zero-order valence-electron chi connectivity index (χ0n) is 16.3. The molecule has 0 aliphatic heterocycles. The van der Waals surface area contributed by atoms with E-state index in [1.54, 1.807) is 0 Å². The van der Waals surface area contributed by atoms with Crippen molar-refractivity contribution in [2.45, 2.75) is 19.7 Å². The normalized spacial score (nSPS) is 15.1. The highest BCUT2D eigenvalue weighted by Crippen LogP contribution is 2.36. The summed E-state index contributed by atoms with van der Waals surface area (Å²) in [7, 11) is 1.38. The van der Waals surface area contributed by atoms with Crippen molar-refractivity contribution in [2.75, 3.05) is 12.2 Å². The minimum absolute atomic E-state index is 0.0155. The Kier molecular flexibility index (Phi) is 6.73. The van der Waals surface area contributed by atoms with Crippen LogP contribution in [0.25, 0.3) is 0 Å². The van der Waals surface area contributed by atoms with Crippen LogP contribution in [-0.4, -0.2) is 30.1 Å². The monoisotopic (exact) mass is 423 g/mol. The van der Waals surface area contributed by atoms with Crippen LogP contribution in [0.5, 0.6) is 11.5 Å². The van der Waals surface area contributed by atoms with Crippen molar-refractivity contribution in [1.29, 1.82) is 0 Å². The number of anilines is 1. The summed E-state index contributed by atoms with van der Waals surface area (Å²) in [6, 6.07) is 2.79. The van der Waals surface area contributed by atoms with Crippen LogP contribution in [0.2, 0.25) is 0 Å². The molecule has 1 aromatic rings. The molecular weight excluding hydrogens is 403 g/mol. The maximum Gasteiger partial charge on any atom is 0.416 e. The average molecular weight is 423 g/mol. The number of ether oxygens (including phenoxy) is 2. The lowest BCUT2D eigenvalue weighted by molar-refractivity contribution is -0.140. The molecular formula is C20H20F3N3O4. The van der Waals surface area contributed by atoms with Crippen molar-refractivity contribution < 1.29 is 32.5 Å². The number of hydrazine groups is 1. The second-order valence-electron chi connectivity index (χ2n) is 6.30. The van der Waals surface area contributed by atoms with Gasteiger partial charge in [-0.05, 0) is 36.8 Å². The number of phenolic OH excluding ortho intramolecular Hbond substituents is 1. The minimum atomic E-state index is -4.52. The highest BCUT2D eigenvalue weighted by atomic mass is 19.4. The predicted molar refractivity (Wildman–Crippen MR) is 106 cm³/mol. The van der Waals surface area contributed by atoms with E-state index in [2.05, 4.69) is 18.3 Å². The van der Waals surface area contributed by atoms with E-state index in [4.69, 9.17) is 15.3 Å². The number of carbonyl (C=O) groups excluding carboxylic acids is 1. The third kappa shape index (κ3) is 5.29. The largest absolute Gasteiger partial charge is 0.505 e. The summed E-state index contributed by atoms with van der Waals surface area (Å²) in [6.07, 6.45) is -1.73. The van der Waals surface area contributed by atoms with Gasteiger partial charge in [0, 0.05) is 17.2 Å². The number of phenols is 1. The SMILES string of the molecule is C=C(C)C(=O)OCc1cc(OC)cc(N(N)/N=C2/C=CC(C(F)(F)F)=CC2=C)c1O. The topological polar surface area (TPSA) is 97.4 Å². The van der Waals surface area contributed by atoms with Gasteiger partial charge in [-0.15, -0.1) is 0 Å². The van der Waals surface area contributed by atoms with Crippen molar-refractivity contribution in [1.82, 2.24) is 0 Å². The number of rotatable bonds is 6. The molecule has 0 heterocycles. The van der Waals surface area contributed by atoms with E-state index < -0.39 is 17.7 Å². The van der Waals surface area contributed by atoms with Crippen molar-refractivity contribution in [3.8, 4) is 11.5 Å². The van der Waals surface area contributed by atoms with E-state index in [1.165, 1.54) is 26.2 Å². The molecule has 3 N–H and O–H groups in total. The molecule has 0 saturated carbocycles. The number of allylic oxidation sites excluding steroid dienone is 5. The number of methoxy groups -OCH3 is 1. The van der Waals surface area contributed by atoms with Crippen molar-refractivity contribution in [3.05, 3.63) is 65.8 Å². The maximum atomic E-state index is 12.8. The maximum absolute atomic E-state index is 12.8. The summed E-state index contributed by atoms with van der Waals surface area (Å²) >= 11 is 0. The number of carbonyl (C=O) groups is 1. The van der Waals surface area contributed by atoms with Gasteiger partial charge < -0.3 is 14.6 Å². The fraction of sp³-hybridized carbons (Fsp3) is 0.200. The highest BCUT2D eigenvalue weighted by Gasteiger charge is 2.33. The Morgan fingerprint density at radius 1 is 1.33 bits per heavy atom. The number of nitrogens with zero attached hydrogens (tertiary/aromatic N) is 2. The van der Waals surface area contributed by atoms with Crippen LogP contribution in [0.1, 0.15) is 12.5 Å². The van der Waals surface area contributed by atoms with Crippen molar-refractivity contribution in [2.24, 2.45) is 10.9 Å². The van der Waals surface area contributed by atoms with E-state index in [9.17, 15) is 23.1 Å². The number of benzene rings is 1. The Balaban J connectivity index is 2.33. The third-order valence-corrected chi connectivity index (χ3v) is 3.95. The first kappa shape index (κ1) is 22.8. The first-order valence-corrected chi connectivity index (χ1v) is 8.46. The lowest BCUT2D eigenvalue weighted by Gasteiger charge is -2.20. The third-order valence-electron chi connectivity index (χ3n) is 3.95. The molecule has 2 rings (SSSR count). The molecule has 7 nitrogen and oxygen atoms in total. The summed E-state index contributed by atoms with van der Waals surface area (Å²) in [6.45, 7) is 8.19. The number of nitrogens with two attached hydrogens (primary N) is 1. The van der Waals surface area contributed by atoms with E-state index in [1.807, 2.05) is 0 Å². The number of hydrazone groups is 1. The molecule has 0 aromatic heterocycles. The molecule has 1 aliphatic carbocycles. The fourth-order valence-corrected chi connectivity index (χ4v) is 2.35. The molecule has 1 aliphatic rings. The van der Waals surface area contributed by atoms with Crippen LogP contribution in [0.4, 0.5) is 18.9 Å². The first-order valence-electron chi connectivity index (χ1n) is 8.46. The number of aromatic hydroxyl groups is 1. The van der Waals surface area contributed by atoms with Gasteiger partial charge in [-0.3, -0.25) is 0 Å². The van der Waals surface area contributed by atoms with Gasteiger partial charge in [-0.1, -0.05) is 13.2 Å². The number of alkyl halides is 3. The Morgan fingerprint density at radius 3 is 2.53 bits per heavy atom. The first-order chi connectivity index (χ1) is 13.9. The molecule has 10 heteroatoms. The molecule has 1 aromatic carbocycles. The van der Waals surface area contributed by atoms with Crippen molar-refractivity contribution >= 4 is 17.4 Å². The average Bonchev–Trinajstić information content (AvgIpc) is 2.67. The minimum Gasteiger partial charge on any atom is -0.505 e. The van der Waals surface area contributed by atoms with E-state index >= 15 is 0 Å². The van der Waals surface area contributed by atoms with Crippen LogP contribution in [0.15, 0.2) is 65.3 Å². The molecule has 30 heavy (non-hydrogen) atoms. The predicted octanol–water partition coefficient (Wildman–Crippen LogP) is 3.67. The molecule has 0 radical (unpaired) electrons. The number of hydrogen-bond donors (Lipinski definition) is 2. The molecule has 160 valence electrons. The summed E-state index contributed by atoms with van der Waals surface area (Å²) in [5, 5.41) is 15.3. The van der Waals surface area contributed by atoms with Gasteiger partial charge in [0.2, 0.25) is 0 Å². The Bertz CT molecular complexity index is 978. The standard InChI is InChI=1S/C20H20F3N3O4/c1-11(2)19(28)30-10-13-8-15(29-4)9-17(18(13)27)26(24)25-16-6-5-14(7-12(16)3)20(21,22)23/h5-9,27H,1,3,10,24H2,2,4H3/b25-16-. The molecule has 0 bridgehead atoms. The van der Waals surface area contributed by atoms with Crippen LogP contribution in [0.3, 0.4) is 0 Å². The smallest absolute Gasteiger partial charge is 0.416 e. The number of hydrogen-bond acceptors (Lipinski definition) is 7. The van der Waals surface area contributed by atoms with Crippen LogP contribution >= 0.6 is 0 Å². The van der Waals surface area contributed by atoms with E-state index in [0.717, 1.165) is 23.3 Å². The quantitative estimate of drug-likeness (QED) is 0.314. The molecule has 0 unspecified atom stereocenters. The summed E-state index contributed by atoms with van der Waals surface area (Å²) in [5.74, 6) is 5.17. The number of halogens is 3. The molecule has 0 amide bonds. The molecule has 0 saturated heterocycles. The van der Waals surface area contributed by atoms with Gasteiger partial charge in [0.05, 0.1) is 18.4 Å². The summed E-state index contributed by atoms with van der Waals surface area (Å²) in [4.78, 5) is 11.6. The van der Waals surface area contributed by atoms with Gasteiger partial charge in [0.25, 0.3) is 0 Å². The highest BCUT2D eigenvalue weighted by molar-refractivity contribution is 6.11. The van der Waals surface area contributed by atoms with Gasteiger partial charge in [-0.2, -0.15) is 23.4 Å². The van der Waals surface area contributed by atoms with Gasteiger partial charge in [0.15, 0.2) is 0 Å². The Morgan fingerprint density at radius 2 is 2.00 bits per heavy atom. The van der Waals surface area contributed by atoms with E-state index in [0.29, 0.717) is 0 Å². The fourth-order valence-electron chi connectivity index (χ4n) is 2.35. The van der Waals surface area contributed by atoms with Gasteiger partial charge in [0.1, 0.15) is 23.8 Å². The Labute approximate surface area is 170 Å². The zero-order chi connectivity index (χ0) is 22.6. The van der Waals surface area contributed by atoms with Crippen LogP contribution in [-0.2, 0) is 16.1 Å². The molecule has 0 fully saturated rings. The van der Waals surface area contributed by atoms with Gasteiger partial charge >= 0.3 is 12.1 Å². The summed E-state index contributed by atoms with van der Waals surface area (Å²) < 4.78 is 48.6. The van der Waals surface area contributed by atoms with Gasteiger partial charge in [-0.25, -0.2) is 10.6 Å². The Hall–Kier alpha value is -3.53. The zero-order valence-corrected chi connectivity index (χ0v) is 16.3. The van der Waals surface area contributed by atoms with Crippen molar-refractivity contribution in [3.63, 3.8) is 0 Å². The molecule has 0 atom stereocenters. The molecule has 0 spiro atoms. The van der Waals surface area contributed by atoms with Crippen LogP contribution < -0.4 is 15.7 Å². The second kappa shape index (κ2) is 8.87. The lowest BCUT2D eigenvalue weighted by atomic mass is 10.0. The number of esters is 1.